The molecule has 0 atom stereocenters. The Morgan fingerprint density at radius 2 is 2.11 bits per heavy atom. The molecular weight excluding hydrogens is 338 g/mol. The second-order valence-corrected chi connectivity index (χ2v) is 7.02. The van der Waals surface area contributed by atoms with Gasteiger partial charge in [-0.15, -0.1) is 0 Å². The van der Waals surface area contributed by atoms with Crippen LogP contribution >= 0.6 is 0 Å². The maximum atomic E-state index is 5.56. The Hall–Kier alpha value is -2.99. The number of aromatic nitrogens is 4. The average molecular weight is 359 g/mol. The number of H-pyrrole nitrogens is 1. The van der Waals surface area contributed by atoms with Crippen molar-refractivity contribution in [1.29, 1.82) is 0 Å². The molecule has 2 N–H and O–H groups in total. The lowest BCUT2D eigenvalue weighted by atomic mass is 9.95. The quantitative estimate of drug-likeness (QED) is 0.584. The van der Waals surface area contributed by atoms with Gasteiger partial charge in [0.1, 0.15) is 0 Å². The predicted molar refractivity (Wildman–Crippen MR) is 103 cm³/mol. The molecule has 0 saturated carbocycles. The Bertz CT molecular complexity index is 1110. The van der Waals surface area contributed by atoms with Crippen LogP contribution in [-0.2, 0) is 25.8 Å². The molecule has 0 amide bonds. The van der Waals surface area contributed by atoms with E-state index < -0.39 is 0 Å². The monoisotopic (exact) mass is 359 g/mol. The van der Waals surface area contributed by atoms with Crippen molar-refractivity contribution in [2.75, 3.05) is 6.54 Å². The van der Waals surface area contributed by atoms with E-state index in [4.69, 9.17) is 4.52 Å². The zero-order chi connectivity index (χ0) is 18.2. The summed E-state index contributed by atoms with van der Waals surface area (Å²) in [5.41, 5.74) is 6.95. The van der Waals surface area contributed by atoms with E-state index >= 15 is 0 Å². The lowest BCUT2D eigenvalue weighted by Gasteiger charge is -2.19. The third kappa shape index (κ3) is 2.92. The molecule has 1 aliphatic rings. The summed E-state index contributed by atoms with van der Waals surface area (Å²) in [6.07, 6.45) is 6.57. The van der Waals surface area contributed by atoms with Crippen LogP contribution in [0.5, 0.6) is 0 Å². The molecule has 0 fully saturated rings. The lowest BCUT2D eigenvalue weighted by Crippen LogP contribution is -2.24. The van der Waals surface area contributed by atoms with Gasteiger partial charge >= 0.3 is 0 Å². The summed E-state index contributed by atoms with van der Waals surface area (Å²) in [7, 11) is 0. The minimum Gasteiger partial charge on any atom is -0.361 e. The van der Waals surface area contributed by atoms with Crippen LogP contribution in [0.3, 0.4) is 0 Å². The number of aromatic amines is 1. The van der Waals surface area contributed by atoms with Gasteiger partial charge in [-0.1, -0.05) is 23.4 Å². The van der Waals surface area contributed by atoms with Crippen molar-refractivity contribution >= 4 is 10.9 Å². The molecule has 4 heterocycles. The normalized spacial score (nSPS) is 13.8. The van der Waals surface area contributed by atoms with Gasteiger partial charge in [0.05, 0.1) is 0 Å². The van der Waals surface area contributed by atoms with Gasteiger partial charge in [-0.3, -0.25) is 4.98 Å². The Balaban J connectivity index is 1.41. The zero-order valence-electron chi connectivity index (χ0n) is 15.2. The van der Waals surface area contributed by atoms with E-state index in [9.17, 15) is 0 Å². The topological polar surface area (TPSA) is 79.6 Å². The van der Waals surface area contributed by atoms with E-state index in [1.807, 2.05) is 19.2 Å². The number of nitrogens with zero attached hydrogens (tertiary/aromatic N) is 3. The molecular formula is C21H21N5O. The lowest BCUT2D eigenvalue weighted by molar-refractivity contribution is 0.379. The van der Waals surface area contributed by atoms with Crippen LogP contribution in [0.4, 0.5) is 0 Å². The summed E-state index contributed by atoms with van der Waals surface area (Å²) in [5.74, 6) is 1.33. The fourth-order valence-electron chi connectivity index (χ4n) is 3.91. The third-order valence-electron chi connectivity index (χ3n) is 5.31. The molecule has 6 heteroatoms. The van der Waals surface area contributed by atoms with E-state index in [-0.39, 0.29) is 0 Å². The standard InChI is InChI=1S/C21H21N5O/c1-13-20(17-8-9-22-10-15(17)12-23-13)21-25-19(27-26-21)7-6-14-11-24-18-5-3-2-4-16(14)18/h2-5,11-12,22,24H,6-10H2,1H3. The second-order valence-electron chi connectivity index (χ2n) is 7.02. The number of hydrogen-bond acceptors (Lipinski definition) is 5. The number of fused-ring (bicyclic) bond motifs is 2. The van der Waals surface area contributed by atoms with Gasteiger partial charge in [-0.05, 0) is 49.1 Å². The molecule has 1 aliphatic heterocycles. The van der Waals surface area contributed by atoms with Gasteiger partial charge in [0, 0.05) is 47.5 Å². The number of benzene rings is 1. The number of para-hydroxylation sites is 1. The van der Waals surface area contributed by atoms with Crippen molar-refractivity contribution in [2.24, 2.45) is 0 Å². The molecule has 27 heavy (non-hydrogen) atoms. The smallest absolute Gasteiger partial charge is 0.227 e. The Kier molecular flexibility index (Phi) is 3.98. The molecule has 0 aliphatic carbocycles. The van der Waals surface area contributed by atoms with Crippen LogP contribution in [0.15, 0.2) is 41.2 Å². The molecule has 3 aromatic heterocycles. The first-order valence-electron chi connectivity index (χ1n) is 9.35. The zero-order valence-corrected chi connectivity index (χ0v) is 15.2. The number of hydrogen-bond donors (Lipinski definition) is 2. The first kappa shape index (κ1) is 16.2. The van der Waals surface area contributed by atoms with Crippen molar-refractivity contribution in [3.63, 3.8) is 0 Å². The molecule has 1 aromatic carbocycles. The fraction of sp³-hybridized carbons (Fsp3) is 0.286. The molecule has 0 spiro atoms. The van der Waals surface area contributed by atoms with E-state index in [1.165, 1.54) is 22.1 Å². The summed E-state index contributed by atoms with van der Waals surface area (Å²) in [4.78, 5) is 12.5. The molecule has 5 rings (SSSR count). The number of nitrogens with one attached hydrogen (secondary N) is 2. The van der Waals surface area contributed by atoms with Gasteiger partial charge in [0.2, 0.25) is 11.7 Å². The van der Waals surface area contributed by atoms with Gasteiger partial charge in [0.25, 0.3) is 0 Å². The van der Waals surface area contributed by atoms with Crippen LogP contribution < -0.4 is 5.32 Å². The summed E-state index contributed by atoms with van der Waals surface area (Å²) in [6.45, 7) is 3.83. The number of rotatable bonds is 4. The largest absolute Gasteiger partial charge is 0.361 e. The van der Waals surface area contributed by atoms with E-state index in [0.717, 1.165) is 49.1 Å². The van der Waals surface area contributed by atoms with Crippen LogP contribution in [0, 0.1) is 6.92 Å². The second kappa shape index (κ2) is 6.63. The number of pyridine rings is 1. The van der Waals surface area contributed by atoms with Crippen LogP contribution in [0.2, 0.25) is 0 Å². The highest BCUT2D eigenvalue weighted by Crippen LogP contribution is 2.29. The molecule has 0 unspecified atom stereocenters. The van der Waals surface area contributed by atoms with E-state index in [0.29, 0.717) is 11.7 Å². The highest BCUT2D eigenvalue weighted by molar-refractivity contribution is 5.83. The van der Waals surface area contributed by atoms with E-state index in [1.54, 1.807) is 0 Å². The SMILES string of the molecule is Cc1ncc2c(c1-c1noc(CCc3c[nH]c4ccccc34)n1)CCNC2. The van der Waals surface area contributed by atoms with Crippen molar-refractivity contribution in [3.8, 4) is 11.4 Å². The third-order valence-corrected chi connectivity index (χ3v) is 5.31. The summed E-state index contributed by atoms with van der Waals surface area (Å²) in [5, 5.41) is 8.90. The van der Waals surface area contributed by atoms with E-state index in [2.05, 4.69) is 49.8 Å². The van der Waals surface area contributed by atoms with Crippen LogP contribution in [0.25, 0.3) is 22.3 Å². The minimum atomic E-state index is 0.660. The molecule has 0 saturated heterocycles. The number of aryl methyl sites for hydroxylation is 3. The van der Waals surface area contributed by atoms with Crippen molar-refractivity contribution in [1.82, 2.24) is 25.4 Å². The first-order valence-corrected chi connectivity index (χ1v) is 9.35. The average Bonchev–Trinajstić information content (AvgIpc) is 3.33. The highest BCUT2D eigenvalue weighted by atomic mass is 16.5. The Labute approximate surface area is 157 Å². The van der Waals surface area contributed by atoms with Crippen molar-refractivity contribution in [3.05, 3.63) is 64.9 Å². The maximum Gasteiger partial charge on any atom is 0.227 e. The molecule has 0 bridgehead atoms. The highest BCUT2D eigenvalue weighted by Gasteiger charge is 2.21. The summed E-state index contributed by atoms with van der Waals surface area (Å²) in [6, 6.07) is 8.33. The van der Waals surface area contributed by atoms with Gasteiger partial charge in [-0.2, -0.15) is 4.98 Å². The van der Waals surface area contributed by atoms with Crippen LogP contribution in [-0.4, -0.2) is 26.7 Å². The molecule has 0 radical (unpaired) electrons. The minimum absolute atomic E-state index is 0.660. The first-order chi connectivity index (χ1) is 13.3. The van der Waals surface area contributed by atoms with Gasteiger partial charge in [0.15, 0.2) is 0 Å². The summed E-state index contributed by atoms with van der Waals surface area (Å²) >= 11 is 0. The van der Waals surface area contributed by atoms with Crippen molar-refractivity contribution in [2.45, 2.75) is 32.7 Å². The Morgan fingerprint density at radius 3 is 3.07 bits per heavy atom. The predicted octanol–water partition coefficient (Wildman–Crippen LogP) is 3.35. The molecule has 6 nitrogen and oxygen atoms in total. The van der Waals surface area contributed by atoms with Crippen LogP contribution in [0.1, 0.15) is 28.3 Å². The molecule has 4 aromatic rings. The Morgan fingerprint density at radius 1 is 1.19 bits per heavy atom. The molecule has 136 valence electrons. The van der Waals surface area contributed by atoms with Crippen molar-refractivity contribution < 1.29 is 4.52 Å². The maximum absolute atomic E-state index is 5.56. The fourth-order valence-corrected chi connectivity index (χ4v) is 3.91. The van der Waals surface area contributed by atoms with Gasteiger partial charge < -0.3 is 14.8 Å². The summed E-state index contributed by atoms with van der Waals surface area (Å²) < 4.78 is 5.56. The van der Waals surface area contributed by atoms with Gasteiger partial charge in [-0.25, -0.2) is 0 Å².